The molecule has 10 nitrogen and oxygen atoms in total. The molecule has 1 aliphatic heterocycles. The minimum absolute atomic E-state index is 0.0434. The minimum atomic E-state index is -1.44. The monoisotopic (exact) mass is 362 g/mol. The second-order valence-electron chi connectivity index (χ2n) is 5.08. The number of carbonyl (C=O) groups excluding carboxylic acids is 3. The van der Waals surface area contributed by atoms with Crippen LogP contribution < -0.4 is 0 Å². The molecular formula is C15H22O10. The van der Waals surface area contributed by atoms with Crippen molar-refractivity contribution in [1.29, 1.82) is 0 Å². The Hall–Kier alpha value is -2.17. The molecule has 0 aromatic carbocycles. The number of hydrogen-bond acceptors (Lipinski definition) is 10. The van der Waals surface area contributed by atoms with E-state index in [2.05, 4.69) is 11.3 Å². The van der Waals surface area contributed by atoms with Gasteiger partial charge in [0.15, 0.2) is 18.5 Å². The number of aliphatic hydroxyl groups excluding tert-OH is 1. The van der Waals surface area contributed by atoms with Crippen LogP contribution in [-0.4, -0.2) is 74.2 Å². The highest BCUT2D eigenvalue weighted by molar-refractivity contribution is 5.67. The van der Waals surface area contributed by atoms with Gasteiger partial charge in [-0.2, -0.15) is 0 Å². The second kappa shape index (κ2) is 9.97. The molecule has 10 heteroatoms. The topological polar surface area (TPSA) is 127 Å². The SMILES string of the molecule is C=CCOC(=O)OC[C@H]1O[C@H](OC)[C@H](OC(C)=O)[C@@H](OC(C)=O)[C@@H]1O. The van der Waals surface area contributed by atoms with Crippen LogP contribution in [0.3, 0.4) is 0 Å². The van der Waals surface area contributed by atoms with Gasteiger partial charge >= 0.3 is 18.1 Å². The van der Waals surface area contributed by atoms with E-state index in [4.69, 9.17) is 23.7 Å². The molecule has 1 N–H and O–H groups in total. The lowest BCUT2D eigenvalue weighted by atomic mass is 9.98. The van der Waals surface area contributed by atoms with E-state index in [1.165, 1.54) is 13.2 Å². The van der Waals surface area contributed by atoms with Crippen molar-refractivity contribution < 1.29 is 47.9 Å². The molecule has 0 aromatic heterocycles. The first-order valence-corrected chi connectivity index (χ1v) is 7.41. The average Bonchev–Trinajstić information content (AvgIpc) is 2.54. The number of carbonyl (C=O) groups is 3. The molecule has 25 heavy (non-hydrogen) atoms. The molecule has 1 heterocycles. The van der Waals surface area contributed by atoms with Crippen LogP contribution >= 0.6 is 0 Å². The van der Waals surface area contributed by atoms with Gasteiger partial charge in [-0.05, 0) is 0 Å². The Morgan fingerprint density at radius 2 is 1.72 bits per heavy atom. The van der Waals surface area contributed by atoms with Gasteiger partial charge in [-0.3, -0.25) is 9.59 Å². The van der Waals surface area contributed by atoms with E-state index in [1.807, 2.05) is 0 Å². The fourth-order valence-corrected chi connectivity index (χ4v) is 2.18. The highest BCUT2D eigenvalue weighted by Crippen LogP contribution is 2.27. The third kappa shape index (κ3) is 6.33. The van der Waals surface area contributed by atoms with E-state index >= 15 is 0 Å². The molecular weight excluding hydrogens is 340 g/mol. The number of ether oxygens (including phenoxy) is 6. The van der Waals surface area contributed by atoms with Crippen LogP contribution in [0.5, 0.6) is 0 Å². The summed E-state index contributed by atoms with van der Waals surface area (Å²) >= 11 is 0. The summed E-state index contributed by atoms with van der Waals surface area (Å²) in [4.78, 5) is 33.9. The summed E-state index contributed by atoms with van der Waals surface area (Å²) in [6.45, 7) is 5.22. The first-order valence-electron chi connectivity index (χ1n) is 7.41. The predicted molar refractivity (Wildman–Crippen MR) is 80.3 cm³/mol. The van der Waals surface area contributed by atoms with Gasteiger partial charge in [0.1, 0.15) is 25.4 Å². The maximum atomic E-state index is 11.4. The third-order valence-corrected chi connectivity index (χ3v) is 3.14. The maximum Gasteiger partial charge on any atom is 0.508 e. The fraction of sp³-hybridized carbons (Fsp3) is 0.667. The Kier molecular flexibility index (Phi) is 8.32. The minimum Gasteiger partial charge on any atom is -0.455 e. The van der Waals surface area contributed by atoms with Crippen molar-refractivity contribution in [3.8, 4) is 0 Å². The first kappa shape index (κ1) is 20.9. The predicted octanol–water partition coefficient (Wildman–Crippen LogP) is -0.0788. The normalized spacial score (nSPS) is 28.6. The Labute approximate surface area is 144 Å². The molecule has 0 saturated carbocycles. The number of aliphatic hydroxyl groups is 1. The standard InChI is InChI=1S/C15H22O10/c1-5-6-21-15(19)22-7-10-11(18)12(23-8(2)16)13(24-9(3)17)14(20-4)25-10/h5,10-14,18H,1,6-7H2,2-4H3/t10-,11-,12+,13-,14+/m1/s1. The third-order valence-electron chi connectivity index (χ3n) is 3.14. The van der Waals surface area contributed by atoms with E-state index in [-0.39, 0.29) is 6.61 Å². The van der Waals surface area contributed by atoms with Crippen LogP contribution in [0.15, 0.2) is 12.7 Å². The number of methoxy groups -OCH3 is 1. The second-order valence-corrected chi connectivity index (χ2v) is 5.08. The van der Waals surface area contributed by atoms with Crippen LogP contribution in [-0.2, 0) is 38.0 Å². The van der Waals surface area contributed by atoms with Gasteiger partial charge in [0.25, 0.3) is 0 Å². The average molecular weight is 362 g/mol. The molecule has 0 spiro atoms. The molecule has 1 fully saturated rings. The van der Waals surface area contributed by atoms with Gasteiger partial charge in [-0.25, -0.2) is 4.79 Å². The van der Waals surface area contributed by atoms with Gasteiger partial charge in [0.05, 0.1) is 0 Å². The van der Waals surface area contributed by atoms with E-state index in [1.54, 1.807) is 0 Å². The zero-order chi connectivity index (χ0) is 19.0. The van der Waals surface area contributed by atoms with Crippen LogP contribution in [0.1, 0.15) is 13.8 Å². The summed E-state index contributed by atoms with van der Waals surface area (Å²) in [7, 11) is 1.28. The van der Waals surface area contributed by atoms with Gasteiger partial charge in [0.2, 0.25) is 0 Å². The molecule has 0 amide bonds. The molecule has 1 saturated heterocycles. The van der Waals surface area contributed by atoms with Crippen LogP contribution in [0.4, 0.5) is 4.79 Å². The number of rotatable bonds is 7. The number of esters is 2. The highest BCUT2D eigenvalue weighted by Gasteiger charge is 2.50. The van der Waals surface area contributed by atoms with E-state index in [0.29, 0.717) is 0 Å². The Morgan fingerprint density at radius 1 is 1.12 bits per heavy atom. The van der Waals surface area contributed by atoms with Crippen molar-refractivity contribution in [2.75, 3.05) is 20.3 Å². The smallest absolute Gasteiger partial charge is 0.455 e. The molecule has 1 rings (SSSR count). The van der Waals surface area contributed by atoms with Crippen molar-refractivity contribution in [2.24, 2.45) is 0 Å². The van der Waals surface area contributed by atoms with Crippen molar-refractivity contribution in [3.05, 3.63) is 12.7 Å². The molecule has 5 atom stereocenters. The van der Waals surface area contributed by atoms with Gasteiger partial charge in [0, 0.05) is 21.0 Å². The maximum absolute atomic E-state index is 11.4. The molecule has 0 aliphatic carbocycles. The van der Waals surface area contributed by atoms with Crippen molar-refractivity contribution in [1.82, 2.24) is 0 Å². The lowest BCUT2D eigenvalue weighted by Crippen LogP contribution is -2.61. The highest BCUT2D eigenvalue weighted by atomic mass is 16.7. The summed E-state index contributed by atoms with van der Waals surface area (Å²) in [5.74, 6) is -1.38. The van der Waals surface area contributed by atoms with Gasteiger partial charge in [-0.1, -0.05) is 12.7 Å². The zero-order valence-corrected chi connectivity index (χ0v) is 14.2. The summed E-state index contributed by atoms with van der Waals surface area (Å²) in [6.07, 6.45) is -5.77. The summed E-state index contributed by atoms with van der Waals surface area (Å²) in [5, 5.41) is 10.4. The largest absolute Gasteiger partial charge is 0.508 e. The molecule has 0 unspecified atom stereocenters. The van der Waals surface area contributed by atoms with Crippen LogP contribution in [0, 0.1) is 0 Å². The number of hydrogen-bond donors (Lipinski definition) is 1. The van der Waals surface area contributed by atoms with E-state index in [0.717, 1.165) is 13.8 Å². The van der Waals surface area contributed by atoms with E-state index in [9.17, 15) is 19.5 Å². The molecule has 1 aliphatic rings. The molecule has 142 valence electrons. The lowest BCUT2D eigenvalue weighted by molar-refractivity contribution is -0.300. The van der Waals surface area contributed by atoms with Crippen LogP contribution in [0.25, 0.3) is 0 Å². The van der Waals surface area contributed by atoms with E-state index < -0.39 is 55.4 Å². The van der Waals surface area contributed by atoms with Crippen molar-refractivity contribution >= 4 is 18.1 Å². The fourth-order valence-electron chi connectivity index (χ4n) is 2.18. The quantitative estimate of drug-likeness (QED) is 0.373. The molecule has 0 bridgehead atoms. The van der Waals surface area contributed by atoms with Gasteiger partial charge < -0.3 is 33.5 Å². The zero-order valence-electron chi connectivity index (χ0n) is 14.2. The Bertz CT molecular complexity index is 491. The van der Waals surface area contributed by atoms with Gasteiger partial charge in [-0.15, -0.1) is 0 Å². The lowest BCUT2D eigenvalue weighted by Gasteiger charge is -2.42. The van der Waals surface area contributed by atoms with Crippen molar-refractivity contribution in [3.63, 3.8) is 0 Å². The Balaban J connectivity index is 2.84. The first-order chi connectivity index (χ1) is 11.8. The molecule has 0 radical (unpaired) electrons. The summed E-state index contributed by atoms with van der Waals surface area (Å²) in [6, 6.07) is 0. The Morgan fingerprint density at radius 3 is 2.24 bits per heavy atom. The summed E-state index contributed by atoms with van der Waals surface area (Å²) in [5.41, 5.74) is 0. The van der Waals surface area contributed by atoms with Crippen molar-refractivity contribution in [2.45, 2.75) is 44.6 Å². The summed E-state index contributed by atoms with van der Waals surface area (Å²) < 4.78 is 30.0. The van der Waals surface area contributed by atoms with Crippen LogP contribution in [0.2, 0.25) is 0 Å². The molecule has 0 aromatic rings.